The quantitative estimate of drug-likeness (QED) is 0.475. The molecule has 3 aromatic heterocycles. The topological polar surface area (TPSA) is 103 Å². The molecule has 1 fully saturated rings. The molecule has 1 aliphatic rings. The maximum absolute atomic E-state index is 10.2. The zero-order valence-electron chi connectivity index (χ0n) is 15.6. The summed E-state index contributed by atoms with van der Waals surface area (Å²) in [5, 5.41) is 15.1. The number of aliphatic hydroxyl groups is 1. The van der Waals surface area contributed by atoms with Gasteiger partial charge >= 0.3 is 0 Å². The number of aromatic amines is 1. The number of aromatic nitrogens is 5. The number of H-pyrrole nitrogens is 1. The standard InChI is InChI=1S/C20H20ClN7O/c21-15-5-1-3-12-7-13(8-22-18-17-19(24-10-23-17)26-11-25-18)20(27-16(12)15)28-6-2-4-14(29)9-28/h1,3,5,7,10-11,14,29H,2,4,6,8-9H2,(H2,22,23,24,25,26). The van der Waals surface area contributed by atoms with Crippen LogP contribution in [0, 0.1) is 0 Å². The van der Waals surface area contributed by atoms with Gasteiger partial charge in [-0.05, 0) is 25.0 Å². The molecule has 9 heteroatoms. The van der Waals surface area contributed by atoms with Crippen molar-refractivity contribution < 1.29 is 5.11 Å². The third kappa shape index (κ3) is 3.45. The van der Waals surface area contributed by atoms with Crippen molar-refractivity contribution in [1.29, 1.82) is 0 Å². The van der Waals surface area contributed by atoms with Crippen molar-refractivity contribution in [1.82, 2.24) is 24.9 Å². The van der Waals surface area contributed by atoms with Gasteiger partial charge in [0.15, 0.2) is 11.5 Å². The molecule has 1 atom stereocenters. The molecule has 4 aromatic rings. The minimum Gasteiger partial charge on any atom is -0.391 e. The first-order chi connectivity index (χ1) is 14.2. The van der Waals surface area contributed by atoms with Crippen LogP contribution in [0.4, 0.5) is 11.6 Å². The lowest BCUT2D eigenvalue weighted by Gasteiger charge is -2.32. The summed E-state index contributed by atoms with van der Waals surface area (Å²) in [5.74, 6) is 1.52. The number of fused-ring (bicyclic) bond motifs is 2. The van der Waals surface area contributed by atoms with E-state index in [-0.39, 0.29) is 6.10 Å². The molecule has 8 nitrogen and oxygen atoms in total. The second kappa shape index (κ2) is 7.46. The molecular weight excluding hydrogens is 390 g/mol. The van der Waals surface area contributed by atoms with Crippen LogP contribution in [-0.2, 0) is 6.54 Å². The first-order valence-corrected chi connectivity index (χ1v) is 9.96. The molecule has 29 heavy (non-hydrogen) atoms. The fraction of sp³-hybridized carbons (Fsp3) is 0.300. The number of pyridine rings is 1. The zero-order valence-corrected chi connectivity index (χ0v) is 16.4. The van der Waals surface area contributed by atoms with Crippen LogP contribution in [0.3, 0.4) is 0 Å². The molecular formula is C20H20ClN7O. The molecule has 0 aliphatic carbocycles. The van der Waals surface area contributed by atoms with Gasteiger partial charge in [-0.25, -0.2) is 19.9 Å². The number of hydrogen-bond acceptors (Lipinski definition) is 7. The predicted octanol–water partition coefficient (Wildman–Crippen LogP) is 3.13. The Kier molecular flexibility index (Phi) is 4.65. The molecule has 3 N–H and O–H groups in total. The smallest absolute Gasteiger partial charge is 0.182 e. The summed E-state index contributed by atoms with van der Waals surface area (Å²) in [4.78, 5) is 22.8. The maximum atomic E-state index is 10.2. The molecule has 0 amide bonds. The number of nitrogens with one attached hydrogen (secondary N) is 2. The largest absolute Gasteiger partial charge is 0.391 e. The summed E-state index contributed by atoms with van der Waals surface area (Å²) < 4.78 is 0. The highest BCUT2D eigenvalue weighted by Crippen LogP contribution is 2.30. The first kappa shape index (κ1) is 18.1. The highest BCUT2D eigenvalue weighted by molar-refractivity contribution is 6.35. The summed E-state index contributed by atoms with van der Waals surface area (Å²) in [6.07, 6.45) is 4.49. The second-order valence-corrected chi connectivity index (χ2v) is 7.61. The van der Waals surface area contributed by atoms with Crippen molar-refractivity contribution in [2.75, 3.05) is 23.3 Å². The Morgan fingerprint density at radius 1 is 1.28 bits per heavy atom. The number of halogens is 1. The fourth-order valence-corrected chi connectivity index (χ4v) is 4.05. The number of β-amino-alcohol motifs (C(OH)–C–C–N with tert-alkyl or cyclic N) is 1. The normalized spacial score (nSPS) is 17.2. The second-order valence-electron chi connectivity index (χ2n) is 7.20. The van der Waals surface area contributed by atoms with E-state index in [4.69, 9.17) is 16.6 Å². The van der Waals surface area contributed by atoms with Gasteiger partial charge in [-0.15, -0.1) is 0 Å². The number of rotatable bonds is 4. The molecule has 4 heterocycles. The third-order valence-electron chi connectivity index (χ3n) is 5.22. The van der Waals surface area contributed by atoms with Crippen molar-refractivity contribution in [2.24, 2.45) is 0 Å². The van der Waals surface area contributed by atoms with E-state index < -0.39 is 0 Å². The van der Waals surface area contributed by atoms with Crippen LogP contribution in [0.25, 0.3) is 22.1 Å². The van der Waals surface area contributed by atoms with Crippen LogP contribution in [0.1, 0.15) is 18.4 Å². The minimum absolute atomic E-state index is 0.347. The number of hydrogen-bond donors (Lipinski definition) is 3. The molecule has 0 saturated carbocycles. The molecule has 1 unspecified atom stereocenters. The molecule has 0 radical (unpaired) electrons. The predicted molar refractivity (Wildman–Crippen MR) is 113 cm³/mol. The molecule has 5 rings (SSSR count). The fourth-order valence-electron chi connectivity index (χ4n) is 3.83. The van der Waals surface area contributed by atoms with Crippen molar-refractivity contribution in [3.63, 3.8) is 0 Å². The Morgan fingerprint density at radius 3 is 3.10 bits per heavy atom. The van der Waals surface area contributed by atoms with Gasteiger partial charge in [0.2, 0.25) is 0 Å². The maximum Gasteiger partial charge on any atom is 0.182 e. The average Bonchev–Trinajstić information content (AvgIpc) is 3.21. The van der Waals surface area contributed by atoms with E-state index in [0.717, 1.165) is 47.2 Å². The van der Waals surface area contributed by atoms with Crippen LogP contribution < -0.4 is 10.2 Å². The van der Waals surface area contributed by atoms with Crippen LogP contribution in [0.5, 0.6) is 0 Å². The summed E-state index contributed by atoms with van der Waals surface area (Å²) >= 11 is 6.40. The number of anilines is 2. The van der Waals surface area contributed by atoms with Gasteiger partial charge in [-0.1, -0.05) is 23.7 Å². The average molecular weight is 410 g/mol. The van der Waals surface area contributed by atoms with Crippen molar-refractivity contribution in [3.05, 3.63) is 47.5 Å². The SMILES string of the molecule is OC1CCCN(c2nc3c(Cl)cccc3cc2CNc2ncnc3nc[nH]c23)C1. The Morgan fingerprint density at radius 2 is 2.21 bits per heavy atom. The summed E-state index contributed by atoms with van der Waals surface area (Å²) in [7, 11) is 0. The van der Waals surface area contributed by atoms with E-state index in [1.807, 2.05) is 18.2 Å². The van der Waals surface area contributed by atoms with Crippen LogP contribution in [0.2, 0.25) is 5.02 Å². The van der Waals surface area contributed by atoms with E-state index >= 15 is 0 Å². The lowest BCUT2D eigenvalue weighted by molar-refractivity contribution is 0.154. The number of piperidine rings is 1. The Labute approximate surface area is 172 Å². The molecule has 0 bridgehead atoms. The van der Waals surface area contributed by atoms with Gasteiger partial charge in [0.05, 0.1) is 23.0 Å². The number of benzene rings is 1. The minimum atomic E-state index is -0.347. The Bertz CT molecular complexity index is 1180. The third-order valence-corrected chi connectivity index (χ3v) is 5.52. The lowest BCUT2D eigenvalue weighted by Crippen LogP contribution is -2.39. The van der Waals surface area contributed by atoms with E-state index in [0.29, 0.717) is 29.6 Å². The van der Waals surface area contributed by atoms with Gasteiger partial charge in [0.25, 0.3) is 0 Å². The summed E-state index contributed by atoms with van der Waals surface area (Å²) in [6, 6.07) is 7.87. The van der Waals surface area contributed by atoms with Crippen molar-refractivity contribution >= 4 is 45.3 Å². The first-order valence-electron chi connectivity index (χ1n) is 9.58. The van der Waals surface area contributed by atoms with E-state index in [1.165, 1.54) is 6.33 Å². The van der Waals surface area contributed by atoms with Crippen LogP contribution in [0.15, 0.2) is 36.9 Å². The number of aliphatic hydroxyl groups excluding tert-OH is 1. The van der Waals surface area contributed by atoms with Crippen molar-refractivity contribution in [2.45, 2.75) is 25.5 Å². The number of nitrogens with zero attached hydrogens (tertiary/aromatic N) is 5. The van der Waals surface area contributed by atoms with Gasteiger partial charge in [-0.2, -0.15) is 0 Å². The van der Waals surface area contributed by atoms with Crippen LogP contribution >= 0.6 is 11.6 Å². The molecule has 1 aliphatic heterocycles. The monoisotopic (exact) mass is 409 g/mol. The van der Waals surface area contributed by atoms with Gasteiger partial charge in [-0.3, -0.25) is 0 Å². The molecule has 0 spiro atoms. The Balaban J connectivity index is 1.54. The Hall–Kier alpha value is -2.97. The van der Waals surface area contributed by atoms with Gasteiger partial charge < -0.3 is 20.3 Å². The lowest BCUT2D eigenvalue weighted by atomic mass is 10.1. The van der Waals surface area contributed by atoms with E-state index in [1.54, 1.807) is 6.33 Å². The molecule has 148 valence electrons. The highest BCUT2D eigenvalue weighted by Gasteiger charge is 2.22. The van der Waals surface area contributed by atoms with Crippen molar-refractivity contribution in [3.8, 4) is 0 Å². The summed E-state index contributed by atoms with van der Waals surface area (Å²) in [5.41, 5.74) is 3.16. The molecule has 1 aromatic carbocycles. The number of para-hydroxylation sites is 1. The van der Waals surface area contributed by atoms with Gasteiger partial charge in [0, 0.05) is 30.6 Å². The summed E-state index contributed by atoms with van der Waals surface area (Å²) in [6.45, 7) is 1.93. The van der Waals surface area contributed by atoms with E-state index in [9.17, 15) is 5.11 Å². The molecule has 1 saturated heterocycles. The highest BCUT2D eigenvalue weighted by atomic mass is 35.5. The number of imidazole rings is 1. The van der Waals surface area contributed by atoms with Gasteiger partial charge in [0.1, 0.15) is 17.7 Å². The van der Waals surface area contributed by atoms with E-state index in [2.05, 4.69) is 36.2 Å². The van der Waals surface area contributed by atoms with Crippen LogP contribution in [-0.4, -0.2) is 49.2 Å². The zero-order chi connectivity index (χ0) is 19.8.